The SMILES string of the molecule is CC(C)[C@H]1C(=O)OC[C@@H](NC(=O)c2cnc3ccccc3n2)C(=O)N[C@@H](C)C(=O)N(C)[C@H]2CSSCC(C(=O)N1C)N(C)C(=O)[C@H](C)NC(=O)[C@H](NC(=O)c1cnc3ccccc3n1)COC(=O)[C@H](C(C)C)N(C)C2=O. The molecule has 2 aliphatic heterocycles. The second-order valence-corrected chi connectivity index (χ2v) is 21.6. The number of cyclic esters (lactones) is 2. The van der Waals surface area contributed by atoms with Crippen LogP contribution in [0.15, 0.2) is 60.9 Å². The number of carbonyl (C=O) groups is 10. The highest BCUT2D eigenvalue weighted by atomic mass is 33.1. The first-order valence-corrected chi connectivity index (χ1v) is 26.8. The van der Waals surface area contributed by atoms with Crippen LogP contribution in [0, 0.1) is 11.8 Å². The Hall–Kier alpha value is -7.48. The van der Waals surface area contributed by atoms with Crippen molar-refractivity contribution in [2.75, 3.05) is 52.9 Å². The van der Waals surface area contributed by atoms with Crippen LogP contribution >= 0.6 is 21.6 Å². The minimum atomic E-state index is -1.65. The van der Waals surface area contributed by atoms with Crippen molar-refractivity contribution in [1.82, 2.24) is 60.8 Å². The van der Waals surface area contributed by atoms with Crippen molar-refractivity contribution in [3.63, 3.8) is 0 Å². The van der Waals surface area contributed by atoms with Gasteiger partial charge in [-0.25, -0.2) is 19.6 Å². The first-order valence-electron chi connectivity index (χ1n) is 24.3. The Morgan fingerprint density at radius 3 is 1.24 bits per heavy atom. The first-order chi connectivity index (χ1) is 36.0. The number of hydrogen-bond donors (Lipinski definition) is 4. The molecular weight excluding hydrogens is 1020 g/mol. The summed E-state index contributed by atoms with van der Waals surface area (Å²) in [5.41, 5.74) is 1.39. The molecule has 0 spiro atoms. The van der Waals surface area contributed by atoms with E-state index in [4.69, 9.17) is 9.47 Å². The maximum Gasteiger partial charge on any atom is 0.329 e. The molecule has 0 aliphatic carbocycles. The van der Waals surface area contributed by atoms with E-state index >= 15 is 0 Å². The van der Waals surface area contributed by atoms with Crippen molar-refractivity contribution in [2.45, 2.75) is 89.9 Å². The number of amides is 8. The molecule has 26 heteroatoms. The number of nitrogens with zero attached hydrogens (tertiary/aromatic N) is 8. The zero-order valence-electron chi connectivity index (χ0n) is 43.7. The van der Waals surface area contributed by atoms with Crippen LogP contribution in [0.5, 0.6) is 0 Å². The summed E-state index contributed by atoms with van der Waals surface area (Å²) in [5, 5.41) is 10.2. The average molecular weight is 1090 g/mol. The molecule has 4 heterocycles. The molecule has 2 aromatic heterocycles. The molecule has 4 N–H and O–H groups in total. The van der Waals surface area contributed by atoms with Gasteiger partial charge in [0.15, 0.2) is 0 Å². The van der Waals surface area contributed by atoms with Crippen molar-refractivity contribution in [3.8, 4) is 0 Å². The summed E-state index contributed by atoms with van der Waals surface area (Å²) in [6.07, 6.45) is 2.40. The van der Waals surface area contributed by atoms with Gasteiger partial charge in [0.25, 0.3) is 11.8 Å². The highest BCUT2D eigenvalue weighted by Gasteiger charge is 2.42. The van der Waals surface area contributed by atoms with Crippen LogP contribution in [0.1, 0.15) is 62.5 Å². The first kappa shape index (κ1) is 57.8. The van der Waals surface area contributed by atoms with Crippen molar-refractivity contribution >= 4 is 103 Å². The Morgan fingerprint density at radius 2 is 0.895 bits per heavy atom. The average Bonchev–Trinajstić information content (AvgIpc) is 3.39. The van der Waals surface area contributed by atoms with Crippen LogP contribution in [0.25, 0.3) is 22.1 Å². The van der Waals surface area contributed by atoms with Gasteiger partial charge in [0.2, 0.25) is 35.4 Å². The number of fused-ring (bicyclic) bond motifs is 7. The zero-order chi connectivity index (χ0) is 55.7. The van der Waals surface area contributed by atoms with Crippen LogP contribution < -0.4 is 21.3 Å². The van der Waals surface area contributed by atoms with E-state index in [-0.39, 0.29) is 22.9 Å². The van der Waals surface area contributed by atoms with Crippen LogP contribution in [-0.2, 0) is 47.8 Å². The maximum absolute atomic E-state index is 14.8. The number of aromatic nitrogens is 4. The third-order valence-corrected chi connectivity index (χ3v) is 15.2. The van der Waals surface area contributed by atoms with Gasteiger partial charge in [0.1, 0.15) is 72.9 Å². The van der Waals surface area contributed by atoms with Crippen LogP contribution in [0.2, 0.25) is 0 Å². The minimum absolute atomic E-state index is 0.157. The van der Waals surface area contributed by atoms with Gasteiger partial charge in [-0.05, 0) is 49.9 Å². The smallest absolute Gasteiger partial charge is 0.329 e. The second kappa shape index (κ2) is 25.4. The number of hydrogen-bond acceptors (Lipinski definition) is 18. The quantitative estimate of drug-likeness (QED) is 0.152. The van der Waals surface area contributed by atoms with Gasteiger partial charge in [-0.15, -0.1) is 0 Å². The van der Waals surface area contributed by atoms with E-state index < -0.39 is 133 Å². The molecule has 1 unspecified atom stereocenters. The number of nitrogens with one attached hydrogen (secondary N) is 4. The molecule has 2 aliphatic rings. The Labute approximate surface area is 446 Å². The maximum atomic E-state index is 14.8. The predicted molar refractivity (Wildman–Crippen MR) is 280 cm³/mol. The molecule has 6 rings (SSSR count). The molecule has 2 fully saturated rings. The summed E-state index contributed by atoms with van der Waals surface area (Å²) in [6.45, 7) is 7.71. The third kappa shape index (κ3) is 13.5. The number of rotatable bonds is 6. The number of likely N-dealkylation sites (N-methyl/N-ethyl adjacent to an activating group) is 4. The molecule has 24 nitrogen and oxygen atoms in total. The molecule has 8 atom stereocenters. The largest absolute Gasteiger partial charge is 0.461 e. The van der Waals surface area contributed by atoms with Crippen molar-refractivity contribution in [2.24, 2.45) is 11.8 Å². The topological polar surface area (TPSA) is 302 Å². The minimum Gasteiger partial charge on any atom is -0.461 e. The second-order valence-electron chi connectivity index (χ2n) is 19.0. The molecule has 76 heavy (non-hydrogen) atoms. The number of ether oxygens (including phenoxy) is 2. The Kier molecular flexibility index (Phi) is 19.3. The monoisotopic (exact) mass is 1090 g/mol. The van der Waals surface area contributed by atoms with E-state index in [9.17, 15) is 47.9 Å². The molecule has 2 aromatic carbocycles. The van der Waals surface area contributed by atoms with Gasteiger partial charge in [0, 0.05) is 39.7 Å². The number of esters is 2. The van der Waals surface area contributed by atoms with Crippen molar-refractivity contribution in [1.29, 1.82) is 0 Å². The zero-order valence-corrected chi connectivity index (χ0v) is 45.3. The fourth-order valence-corrected chi connectivity index (χ4v) is 11.1. The van der Waals surface area contributed by atoms with E-state index in [2.05, 4.69) is 41.2 Å². The van der Waals surface area contributed by atoms with E-state index in [0.29, 0.717) is 22.1 Å². The summed E-state index contributed by atoms with van der Waals surface area (Å²) in [4.78, 5) is 164. The third-order valence-electron chi connectivity index (χ3n) is 12.9. The standard InChI is InChI=1S/C50H62N12O12S2/c1-25(2)39-49(71)73-21-35(57-41(63)33-19-51-29-15-11-13-17-31(29)55-33)43(65)53-28(6)46(68)60(8)38-24-76-75-23-37(47(69)61(39)9)59(7)45(67)27(5)54-44(66)36(22-74-50(72)40(26(3)4)62(10)48(38)70)58-42(64)34-20-52-30-16-12-14-18-32(30)56-34/h11-20,25-28,35-40H,21-24H2,1-10H3,(H,53,65)(H,54,66)(H,57,63)(H,58,64)/t27-,28-,35+,36+,37-,38?,39-,40-/m0/s1. The van der Waals surface area contributed by atoms with Gasteiger partial charge >= 0.3 is 11.9 Å². The molecule has 0 radical (unpaired) electrons. The summed E-state index contributed by atoms with van der Waals surface area (Å²) in [6, 6.07) is 2.10. The fourth-order valence-electron chi connectivity index (χ4n) is 8.56. The Balaban J connectivity index is 1.39. The van der Waals surface area contributed by atoms with E-state index in [1.54, 1.807) is 76.2 Å². The van der Waals surface area contributed by atoms with Gasteiger partial charge in [0.05, 0.1) is 34.5 Å². The number of benzene rings is 2. The van der Waals surface area contributed by atoms with E-state index in [0.717, 1.165) is 41.2 Å². The lowest BCUT2D eigenvalue weighted by molar-refractivity contribution is -0.160. The summed E-state index contributed by atoms with van der Waals surface area (Å²) < 4.78 is 11.4. The highest BCUT2D eigenvalue weighted by molar-refractivity contribution is 8.76. The summed E-state index contributed by atoms with van der Waals surface area (Å²) in [7, 11) is 7.48. The van der Waals surface area contributed by atoms with Crippen molar-refractivity contribution in [3.05, 3.63) is 72.3 Å². The van der Waals surface area contributed by atoms with Crippen LogP contribution in [-0.4, -0.2) is 200 Å². The van der Waals surface area contributed by atoms with Crippen LogP contribution in [0.3, 0.4) is 0 Å². The highest BCUT2D eigenvalue weighted by Crippen LogP contribution is 2.29. The lowest BCUT2D eigenvalue weighted by Crippen LogP contribution is -2.60. The lowest BCUT2D eigenvalue weighted by Gasteiger charge is -2.37. The predicted octanol–water partition coefficient (Wildman–Crippen LogP) is 0.594. The van der Waals surface area contributed by atoms with Gasteiger partial charge in [-0.2, -0.15) is 0 Å². The molecule has 2 bridgehead atoms. The van der Waals surface area contributed by atoms with Crippen molar-refractivity contribution < 1.29 is 57.4 Å². The van der Waals surface area contributed by atoms with Gasteiger partial charge < -0.3 is 50.3 Å². The molecule has 2 saturated heterocycles. The molecule has 8 amide bonds. The van der Waals surface area contributed by atoms with E-state index in [1.807, 2.05) is 0 Å². The van der Waals surface area contributed by atoms with Gasteiger partial charge in [-0.1, -0.05) is 73.5 Å². The molecular formula is C50H62N12O12S2. The van der Waals surface area contributed by atoms with Gasteiger partial charge in [-0.3, -0.25) is 48.3 Å². The number of para-hydroxylation sites is 4. The number of carbonyl (C=O) groups excluding carboxylic acids is 10. The molecule has 4 aromatic rings. The summed E-state index contributed by atoms with van der Waals surface area (Å²) in [5.74, 6) is -10.3. The normalized spacial score (nSPS) is 24.7. The van der Waals surface area contributed by atoms with E-state index in [1.165, 1.54) is 54.4 Å². The summed E-state index contributed by atoms with van der Waals surface area (Å²) >= 11 is 0. The molecule has 406 valence electrons. The fraction of sp³-hybridized carbons (Fsp3) is 0.480. The van der Waals surface area contributed by atoms with Crippen LogP contribution in [0.4, 0.5) is 0 Å². The Morgan fingerprint density at radius 1 is 0.553 bits per heavy atom. The molecule has 0 saturated carbocycles. The lowest BCUT2D eigenvalue weighted by atomic mass is 10.0. The Bertz CT molecular complexity index is 2700.